The highest BCUT2D eigenvalue weighted by Gasteiger charge is 2.07. The van der Waals surface area contributed by atoms with E-state index in [1.54, 1.807) is 11.8 Å². The van der Waals surface area contributed by atoms with E-state index in [9.17, 15) is 4.79 Å². The Morgan fingerprint density at radius 2 is 1.70 bits per heavy atom. The van der Waals surface area contributed by atoms with Gasteiger partial charge in [0.15, 0.2) is 0 Å². The lowest BCUT2D eigenvalue weighted by molar-refractivity contribution is -0.116. The molecule has 104 valence electrons. The molecule has 0 atom stereocenters. The summed E-state index contributed by atoms with van der Waals surface area (Å²) in [6, 6.07) is 14.5. The Balaban J connectivity index is 1.93. The van der Waals surface area contributed by atoms with Crippen molar-refractivity contribution in [3.8, 4) is 0 Å². The first-order valence-electron chi connectivity index (χ1n) is 6.82. The summed E-state index contributed by atoms with van der Waals surface area (Å²) in [6.07, 6.45) is 0.528. The Kier molecular flexibility index (Phi) is 5.02. The predicted molar refractivity (Wildman–Crippen MR) is 86.5 cm³/mol. The van der Waals surface area contributed by atoms with E-state index in [1.807, 2.05) is 12.1 Å². The fraction of sp³-hybridized carbons (Fsp3) is 0.278. The number of hydrogen-bond acceptors (Lipinski definition) is 2. The Morgan fingerprint density at radius 3 is 2.40 bits per heavy atom. The van der Waals surface area contributed by atoms with Gasteiger partial charge in [0.25, 0.3) is 0 Å². The summed E-state index contributed by atoms with van der Waals surface area (Å²) in [7, 11) is 0. The molecule has 0 radical (unpaired) electrons. The first-order valence-corrected chi connectivity index (χ1v) is 7.81. The summed E-state index contributed by atoms with van der Waals surface area (Å²) in [5.41, 5.74) is 4.87. The summed E-state index contributed by atoms with van der Waals surface area (Å²) >= 11 is 1.63. The number of rotatable bonds is 5. The minimum Gasteiger partial charge on any atom is -0.298 e. The first-order chi connectivity index (χ1) is 9.56. The molecule has 2 aromatic rings. The molecule has 0 aromatic heterocycles. The molecule has 0 heterocycles. The molecule has 0 N–H and O–H groups in total. The van der Waals surface area contributed by atoms with Crippen LogP contribution in [0.2, 0.25) is 0 Å². The van der Waals surface area contributed by atoms with Gasteiger partial charge in [0, 0.05) is 11.3 Å². The van der Waals surface area contributed by atoms with Crippen molar-refractivity contribution in [2.45, 2.75) is 32.1 Å². The molecule has 0 unspecified atom stereocenters. The third-order valence-corrected chi connectivity index (χ3v) is 4.69. The van der Waals surface area contributed by atoms with E-state index in [4.69, 9.17) is 0 Å². The second-order valence-corrected chi connectivity index (χ2v) is 6.21. The second-order valence-electron chi connectivity index (χ2n) is 5.19. The average Bonchev–Trinajstić information content (AvgIpc) is 2.42. The van der Waals surface area contributed by atoms with Crippen LogP contribution < -0.4 is 0 Å². The maximum absolute atomic E-state index is 12.1. The highest BCUT2D eigenvalue weighted by atomic mass is 32.2. The van der Waals surface area contributed by atoms with Crippen molar-refractivity contribution in [3.05, 3.63) is 64.7 Å². The molecular weight excluding hydrogens is 264 g/mol. The molecule has 0 spiro atoms. The van der Waals surface area contributed by atoms with Crippen LogP contribution in [0.25, 0.3) is 0 Å². The number of carbonyl (C=O) groups excluding carboxylic acids is 1. The van der Waals surface area contributed by atoms with Crippen LogP contribution in [0.3, 0.4) is 0 Å². The van der Waals surface area contributed by atoms with Crippen molar-refractivity contribution in [1.82, 2.24) is 0 Å². The van der Waals surface area contributed by atoms with E-state index in [2.05, 4.69) is 51.1 Å². The van der Waals surface area contributed by atoms with Crippen molar-refractivity contribution in [1.29, 1.82) is 0 Å². The normalized spacial score (nSPS) is 10.6. The lowest BCUT2D eigenvalue weighted by Gasteiger charge is -2.06. The highest BCUT2D eigenvalue weighted by Crippen LogP contribution is 2.22. The molecule has 0 saturated heterocycles. The predicted octanol–water partition coefficient (Wildman–Crippen LogP) is 4.52. The quantitative estimate of drug-likeness (QED) is 0.751. The molecule has 2 aromatic carbocycles. The van der Waals surface area contributed by atoms with Gasteiger partial charge in [0.1, 0.15) is 5.78 Å². The fourth-order valence-electron chi connectivity index (χ4n) is 2.07. The van der Waals surface area contributed by atoms with Crippen molar-refractivity contribution in [2.75, 3.05) is 5.75 Å². The lowest BCUT2D eigenvalue weighted by atomic mass is 10.0. The van der Waals surface area contributed by atoms with Crippen molar-refractivity contribution in [2.24, 2.45) is 0 Å². The van der Waals surface area contributed by atoms with E-state index in [0.29, 0.717) is 12.2 Å². The monoisotopic (exact) mass is 284 g/mol. The summed E-state index contributed by atoms with van der Waals surface area (Å²) < 4.78 is 0. The highest BCUT2D eigenvalue weighted by molar-refractivity contribution is 8.00. The third kappa shape index (κ3) is 3.97. The topological polar surface area (TPSA) is 17.1 Å². The van der Waals surface area contributed by atoms with Gasteiger partial charge >= 0.3 is 0 Å². The molecule has 1 nitrogen and oxygen atoms in total. The number of Topliss-reactive ketones (excluding diaryl/α,β-unsaturated/α-hetero) is 1. The molecule has 2 rings (SSSR count). The maximum Gasteiger partial charge on any atom is 0.147 e. The van der Waals surface area contributed by atoms with Crippen LogP contribution in [0.1, 0.15) is 22.3 Å². The van der Waals surface area contributed by atoms with Gasteiger partial charge in [0.2, 0.25) is 0 Å². The van der Waals surface area contributed by atoms with Crippen LogP contribution in [0.15, 0.2) is 47.4 Å². The summed E-state index contributed by atoms with van der Waals surface area (Å²) in [5.74, 6) is 0.819. The molecule has 0 aliphatic heterocycles. The molecule has 0 aliphatic carbocycles. The van der Waals surface area contributed by atoms with E-state index < -0.39 is 0 Å². The largest absolute Gasteiger partial charge is 0.298 e. The zero-order chi connectivity index (χ0) is 14.5. The van der Waals surface area contributed by atoms with Crippen LogP contribution in [0.5, 0.6) is 0 Å². The number of benzene rings is 2. The van der Waals surface area contributed by atoms with Crippen LogP contribution >= 0.6 is 11.8 Å². The molecular formula is C18H20OS. The molecule has 20 heavy (non-hydrogen) atoms. The SMILES string of the molecule is Cc1ccc(CC(=O)CSc2ccccc2C)cc1C. The summed E-state index contributed by atoms with van der Waals surface area (Å²) in [4.78, 5) is 13.3. The first kappa shape index (κ1) is 14.9. The number of carbonyl (C=O) groups is 1. The average molecular weight is 284 g/mol. The van der Waals surface area contributed by atoms with E-state index in [-0.39, 0.29) is 5.78 Å². The molecule has 0 aliphatic rings. The Labute approximate surface area is 125 Å². The molecule has 0 bridgehead atoms. The van der Waals surface area contributed by atoms with Crippen LogP contribution in [-0.4, -0.2) is 11.5 Å². The summed E-state index contributed by atoms with van der Waals surface area (Å²) in [6.45, 7) is 6.26. The fourth-order valence-corrected chi connectivity index (χ4v) is 2.96. The Hall–Kier alpha value is -1.54. The Morgan fingerprint density at radius 1 is 0.950 bits per heavy atom. The minimum atomic E-state index is 0.279. The number of thioether (sulfide) groups is 1. The Bertz CT molecular complexity index is 617. The smallest absolute Gasteiger partial charge is 0.147 e. The van der Waals surface area contributed by atoms with E-state index in [0.717, 1.165) is 5.56 Å². The van der Waals surface area contributed by atoms with Gasteiger partial charge in [-0.05, 0) is 49.1 Å². The van der Waals surface area contributed by atoms with Gasteiger partial charge in [-0.3, -0.25) is 4.79 Å². The lowest BCUT2D eigenvalue weighted by Crippen LogP contribution is -2.06. The van der Waals surface area contributed by atoms with Crippen molar-refractivity contribution < 1.29 is 4.79 Å². The van der Waals surface area contributed by atoms with Gasteiger partial charge in [-0.25, -0.2) is 0 Å². The molecule has 0 fully saturated rings. The van der Waals surface area contributed by atoms with Gasteiger partial charge < -0.3 is 0 Å². The maximum atomic E-state index is 12.1. The van der Waals surface area contributed by atoms with Crippen LogP contribution in [0, 0.1) is 20.8 Å². The van der Waals surface area contributed by atoms with Gasteiger partial charge in [-0.2, -0.15) is 0 Å². The van der Waals surface area contributed by atoms with Gasteiger partial charge in [-0.15, -0.1) is 11.8 Å². The number of aryl methyl sites for hydroxylation is 3. The zero-order valence-corrected chi connectivity index (χ0v) is 13.1. The van der Waals surface area contributed by atoms with Crippen LogP contribution in [-0.2, 0) is 11.2 Å². The van der Waals surface area contributed by atoms with Crippen LogP contribution in [0.4, 0.5) is 0 Å². The van der Waals surface area contributed by atoms with Gasteiger partial charge in [-0.1, -0.05) is 36.4 Å². The molecule has 0 amide bonds. The minimum absolute atomic E-state index is 0.279. The standard InChI is InChI=1S/C18H20OS/c1-13-8-9-16(10-15(13)3)11-17(19)12-20-18-7-5-4-6-14(18)2/h4-10H,11-12H2,1-3H3. The number of ketones is 1. The summed E-state index contributed by atoms with van der Waals surface area (Å²) in [5, 5.41) is 0. The van der Waals surface area contributed by atoms with Crippen molar-refractivity contribution >= 4 is 17.5 Å². The number of hydrogen-bond donors (Lipinski definition) is 0. The van der Waals surface area contributed by atoms with Crippen molar-refractivity contribution in [3.63, 3.8) is 0 Å². The third-order valence-electron chi connectivity index (χ3n) is 3.45. The van der Waals surface area contributed by atoms with Gasteiger partial charge in [0.05, 0.1) is 5.75 Å². The molecule has 2 heteroatoms. The zero-order valence-electron chi connectivity index (χ0n) is 12.3. The van der Waals surface area contributed by atoms with E-state index >= 15 is 0 Å². The van der Waals surface area contributed by atoms with E-state index in [1.165, 1.54) is 21.6 Å². The molecule has 0 saturated carbocycles. The second kappa shape index (κ2) is 6.76.